The minimum atomic E-state index is -1.72. The molecule has 0 spiro atoms. The molecule has 1 aliphatic heterocycles. The number of phenols is 1. The number of benzene rings is 2. The number of carboxylic acid groups (broad SMARTS) is 1. The van der Waals surface area contributed by atoms with E-state index in [2.05, 4.69) is 0 Å². The van der Waals surface area contributed by atoms with E-state index in [9.17, 15) is 44.2 Å². The first-order chi connectivity index (χ1) is 19.3. The van der Waals surface area contributed by atoms with Crippen molar-refractivity contribution in [1.29, 1.82) is 0 Å². The van der Waals surface area contributed by atoms with Crippen LogP contribution in [0, 0.1) is 6.92 Å². The van der Waals surface area contributed by atoms with E-state index >= 15 is 0 Å². The van der Waals surface area contributed by atoms with Crippen molar-refractivity contribution in [2.75, 3.05) is 0 Å². The largest absolute Gasteiger partial charge is 0.535 e. The van der Waals surface area contributed by atoms with Gasteiger partial charge in [-0.25, -0.2) is 4.79 Å². The first-order valence-corrected chi connectivity index (χ1v) is 13.3. The number of aromatic carboxylic acids is 1. The minimum absolute atomic E-state index is 0. The predicted molar refractivity (Wildman–Crippen MR) is 157 cm³/mol. The number of hydrogen-bond acceptors (Lipinski definition) is 10. The van der Waals surface area contributed by atoms with E-state index < -0.39 is 55.0 Å². The molecule has 2 aromatic carbocycles. The van der Waals surface area contributed by atoms with Crippen LogP contribution in [0.25, 0.3) is 0 Å². The molecule has 0 aliphatic carbocycles. The number of carboxylic acids is 1. The van der Waals surface area contributed by atoms with E-state index in [0.717, 1.165) is 0 Å². The molecule has 0 amide bonds. The molecule has 226 valence electrons. The second kappa shape index (κ2) is 16.6. The smallest absolute Gasteiger partial charge is 0.526 e. The number of aryl methyl sites for hydroxylation is 1. The maximum Gasteiger partial charge on any atom is 0.526 e. The van der Waals surface area contributed by atoms with Crippen molar-refractivity contribution < 1.29 is 53.9 Å². The van der Waals surface area contributed by atoms with Crippen molar-refractivity contribution in [2.45, 2.75) is 78.4 Å². The van der Waals surface area contributed by atoms with Gasteiger partial charge in [0.05, 0.1) is 5.56 Å². The van der Waals surface area contributed by atoms with Crippen LogP contribution in [-0.4, -0.2) is 68.6 Å². The molecule has 0 saturated heterocycles. The van der Waals surface area contributed by atoms with Gasteiger partial charge in [0.2, 0.25) is 0 Å². The van der Waals surface area contributed by atoms with Crippen LogP contribution in [-0.2, 0) is 32.0 Å². The van der Waals surface area contributed by atoms with Gasteiger partial charge in [-0.3, -0.25) is 19.2 Å². The number of hydrogen-bond donors (Lipinski definition) is 5. The second-order valence-corrected chi connectivity index (χ2v) is 9.84. The Labute approximate surface area is 245 Å². The van der Waals surface area contributed by atoms with Gasteiger partial charge in [-0.15, -0.1) is 0 Å². The molecule has 1 heterocycles. The lowest BCUT2D eigenvalue weighted by molar-refractivity contribution is -0.136. The van der Waals surface area contributed by atoms with Crippen molar-refractivity contribution in [1.82, 2.24) is 0 Å². The van der Waals surface area contributed by atoms with Gasteiger partial charge in [0.15, 0.2) is 23.1 Å². The average molecular weight is 584 g/mol. The number of fused-ring (bicyclic) bond motifs is 1. The van der Waals surface area contributed by atoms with Gasteiger partial charge >= 0.3 is 20.2 Å². The normalized spacial score (nSPS) is 14.1. The minimum Gasteiger partial charge on any atom is -0.535 e. The number of para-hydroxylation sites is 2. The molecule has 42 heavy (non-hydrogen) atoms. The van der Waals surface area contributed by atoms with Gasteiger partial charge in [-0.1, -0.05) is 51.6 Å². The zero-order valence-corrected chi connectivity index (χ0v) is 23.2. The van der Waals surface area contributed by atoms with Gasteiger partial charge in [-0.05, 0) is 42.5 Å². The number of Topliss-reactive ketones (excluding diaryl/α,β-unsaturated/α-hetero) is 4. The SMILES string of the molecule is C.CCC(=O)C(=O)C[C@@H](Cc1cccc(C)c1O)B(O)O.CCC(=O)C(=O)C[C@H]1Cc2cccc(C(=O)O)c2OB1O. The third-order valence-corrected chi connectivity index (χ3v) is 6.84. The molecule has 1 aliphatic rings. The Bertz CT molecular complexity index is 1290. The monoisotopic (exact) mass is 584 g/mol. The first kappa shape index (κ1) is 36.2. The summed E-state index contributed by atoms with van der Waals surface area (Å²) in [6.45, 7) is 4.91. The fourth-order valence-electron chi connectivity index (χ4n) is 4.37. The lowest BCUT2D eigenvalue weighted by Crippen LogP contribution is -2.36. The number of ketones is 4. The molecule has 0 aromatic heterocycles. The number of phenolic OH excluding ortho intramolecular Hbond substituents is 1. The zero-order valence-electron chi connectivity index (χ0n) is 23.2. The maximum absolute atomic E-state index is 11.7. The Kier molecular flexibility index (Phi) is 14.3. The molecule has 3 rings (SSSR count). The standard InChI is InChI=1S/C14H15BO6.C14H19BO5.CH4/c1-2-11(16)12(17)7-9-6-8-4-3-5-10(14(18)19)13(8)21-15(9)20;1-3-12(16)13(17)8-11(15(19)20)7-10-6-4-5-9(2)14(10)18;/h3-5,9,20H,2,6-7H2,1H3,(H,18,19);4-6,11,18-20H,3,7-8H2,1-2H3;1H4/t9-;11-;/m11./s1. The number of rotatable bonds is 12. The Morgan fingerprint density at radius 2 is 1.57 bits per heavy atom. The summed E-state index contributed by atoms with van der Waals surface area (Å²) in [6, 6.07) is 9.79. The third kappa shape index (κ3) is 9.64. The summed E-state index contributed by atoms with van der Waals surface area (Å²) in [4.78, 5) is 57.0. The number of carbonyl (C=O) groups is 5. The van der Waals surface area contributed by atoms with Crippen LogP contribution >= 0.6 is 0 Å². The molecule has 2 aromatic rings. The van der Waals surface area contributed by atoms with Crippen molar-refractivity contribution in [3.63, 3.8) is 0 Å². The summed E-state index contributed by atoms with van der Waals surface area (Å²) < 4.78 is 5.26. The van der Waals surface area contributed by atoms with Gasteiger partial charge < -0.3 is 29.9 Å². The van der Waals surface area contributed by atoms with Crippen molar-refractivity contribution >= 4 is 43.3 Å². The van der Waals surface area contributed by atoms with E-state index in [-0.39, 0.29) is 56.6 Å². The molecular weight excluding hydrogens is 546 g/mol. The lowest BCUT2D eigenvalue weighted by Gasteiger charge is -2.27. The summed E-state index contributed by atoms with van der Waals surface area (Å²) in [5, 5.41) is 47.6. The summed E-state index contributed by atoms with van der Waals surface area (Å²) in [5.41, 5.74) is 1.78. The molecule has 0 fully saturated rings. The van der Waals surface area contributed by atoms with E-state index in [1.165, 1.54) is 6.07 Å². The van der Waals surface area contributed by atoms with Gasteiger partial charge in [0, 0.05) is 37.3 Å². The van der Waals surface area contributed by atoms with Crippen LogP contribution < -0.4 is 4.65 Å². The second-order valence-electron chi connectivity index (χ2n) is 9.84. The summed E-state index contributed by atoms with van der Waals surface area (Å²) in [7, 11) is -3.02. The lowest BCUT2D eigenvalue weighted by atomic mass is 9.64. The molecular formula is C29H38B2O11. The highest BCUT2D eigenvalue weighted by Gasteiger charge is 2.38. The Hall–Kier alpha value is -3.80. The molecule has 0 unspecified atom stereocenters. The van der Waals surface area contributed by atoms with E-state index in [1.807, 2.05) is 0 Å². The summed E-state index contributed by atoms with van der Waals surface area (Å²) in [5.74, 6) is -4.46. The third-order valence-electron chi connectivity index (χ3n) is 6.84. The molecule has 5 N–H and O–H groups in total. The summed E-state index contributed by atoms with van der Waals surface area (Å²) >= 11 is 0. The van der Waals surface area contributed by atoms with Crippen LogP contribution in [0.1, 0.15) is 74.0 Å². The number of carbonyl (C=O) groups excluding carboxylic acids is 4. The van der Waals surface area contributed by atoms with Crippen LogP contribution in [0.15, 0.2) is 36.4 Å². The van der Waals surface area contributed by atoms with Crippen LogP contribution in [0.3, 0.4) is 0 Å². The van der Waals surface area contributed by atoms with Crippen molar-refractivity contribution in [2.24, 2.45) is 0 Å². The average Bonchev–Trinajstić information content (AvgIpc) is 2.94. The van der Waals surface area contributed by atoms with Gasteiger partial charge in [-0.2, -0.15) is 0 Å². The highest BCUT2D eigenvalue weighted by molar-refractivity contribution is 6.48. The molecule has 11 nitrogen and oxygen atoms in total. The van der Waals surface area contributed by atoms with Crippen LogP contribution in [0.2, 0.25) is 11.6 Å². The molecule has 0 radical (unpaired) electrons. The molecule has 0 bridgehead atoms. The predicted octanol–water partition coefficient (Wildman–Crippen LogP) is 2.77. The number of aromatic hydroxyl groups is 1. The van der Waals surface area contributed by atoms with Crippen molar-refractivity contribution in [3.8, 4) is 11.5 Å². The van der Waals surface area contributed by atoms with Crippen molar-refractivity contribution in [3.05, 3.63) is 58.7 Å². The zero-order chi connectivity index (χ0) is 30.9. The van der Waals surface area contributed by atoms with E-state index in [4.69, 9.17) is 9.76 Å². The summed E-state index contributed by atoms with van der Waals surface area (Å²) in [6.07, 6.45) is 0.293. The Balaban J connectivity index is 0.000000411. The molecule has 13 heteroatoms. The van der Waals surface area contributed by atoms with E-state index in [0.29, 0.717) is 23.1 Å². The fraction of sp³-hybridized carbons (Fsp3) is 0.414. The maximum atomic E-state index is 11.7. The highest BCUT2D eigenvalue weighted by atomic mass is 16.5. The van der Waals surface area contributed by atoms with Gasteiger partial charge in [0.1, 0.15) is 11.5 Å². The molecule has 2 atom stereocenters. The quantitative estimate of drug-likeness (QED) is 0.182. The van der Waals surface area contributed by atoms with Gasteiger partial charge in [0.25, 0.3) is 0 Å². The van der Waals surface area contributed by atoms with Crippen LogP contribution in [0.4, 0.5) is 0 Å². The topological polar surface area (TPSA) is 196 Å². The van der Waals surface area contributed by atoms with E-state index in [1.54, 1.807) is 51.1 Å². The fourth-order valence-corrected chi connectivity index (χ4v) is 4.37. The Morgan fingerprint density at radius 1 is 0.976 bits per heavy atom. The van der Waals surface area contributed by atoms with Crippen LogP contribution in [0.5, 0.6) is 11.5 Å². The first-order valence-electron chi connectivity index (χ1n) is 13.3. The Morgan fingerprint density at radius 3 is 2.14 bits per heavy atom. The highest BCUT2D eigenvalue weighted by Crippen LogP contribution is 2.36. The molecule has 0 saturated carbocycles.